The van der Waals surface area contributed by atoms with Crippen molar-refractivity contribution in [2.45, 2.75) is 37.2 Å². The number of esters is 1. The molecule has 5 rings (SSSR count). The van der Waals surface area contributed by atoms with Crippen molar-refractivity contribution in [3.63, 3.8) is 0 Å². The monoisotopic (exact) mass is 669 g/mol. The number of carboxylic acids is 1. The summed E-state index contributed by atoms with van der Waals surface area (Å²) in [5.41, 5.74) is 5.86. The van der Waals surface area contributed by atoms with Crippen LogP contribution >= 0.6 is 23.3 Å². The zero-order valence-electron chi connectivity index (χ0n) is 24.6. The molecule has 3 saturated heterocycles. The first kappa shape index (κ1) is 34.6. The molecule has 5 N–H and O–H groups in total. The number of carbonyl (C=O) groups is 5. The van der Waals surface area contributed by atoms with Crippen LogP contribution in [-0.2, 0) is 28.7 Å². The second kappa shape index (κ2) is 14.4. The Morgan fingerprint density at radius 2 is 2.04 bits per heavy atom. The number of nitrogens with zero attached hydrogens (tertiary/aromatic N) is 6. The molecule has 45 heavy (non-hydrogen) atoms. The largest absolute Gasteiger partial charge is 0.477 e. The molecule has 0 aromatic carbocycles. The average molecular weight is 670 g/mol. The number of likely N-dealkylation sites (tertiary alicyclic amines) is 2. The van der Waals surface area contributed by atoms with E-state index in [1.54, 1.807) is 17.9 Å². The second-order valence-electron chi connectivity index (χ2n) is 10.4. The average Bonchev–Trinajstić information content (AvgIpc) is 3.72. The topological polar surface area (TPSA) is 221 Å². The molecule has 3 atom stereocenters. The van der Waals surface area contributed by atoms with E-state index in [4.69, 9.17) is 10.5 Å². The number of nitrogen functional groups attached to an aromatic ring is 1. The van der Waals surface area contributed by atoms with Crippen LogP contribution in [0.15, 0.2) is 40.2 Å². The van der Waals surface area contributed by atoms with Gasteiger partial charge in [-0.1, -0.05) is 11.7 Å². The van der Waals surface area contributed by atoms with Crippen LogP contribution in [0.3, 0.4) is 0 Å². The van der Waals surface area contributed by atoms with Gasteiger partial charge in [-0.05, 0) is 31.4 Å². The van der Waals surface area contributed by atoms with E-state index in [0.717, 1.165) is 22.9 Å². The minimum absolute atomic E-state index is 0. The molecule has 0 spiro atoms. The summed E-state index contributed by atoms with van der Waals surface area (Å²) in [6, 6.07) is -1.15. The number of fused-ring (bicyclic) bond motifs is 1. The Kier molecular flexibility index (Phi) is 11.1. The number of hydrogen-bond acceptors (Lipinski definition) is 14. The van der Waals surface area contributed by atoms with Crippen LogP contribution in [0.4, 0.5) is 5.13 Å². The number of anilines is 1. The van der Waals surface area contributed by atoms with Gasteiger partial charge in [0.25, 0.3) is 11.8 Å². The Hall–Kier alpha value is -3.29. The maximum atomic E-state index is 13.4. The quantitative estimate of drug-likeness (QED) is 0.0448. The number of hydrogen-bond donors (Lipinski definition) is 4. The zero-order valence-corrected chi connectivity index (χ0v) is 28.2. The van der Waals surface area contributed by atoms with Crippen LogP contribution in [0.25, 0.3) is 0 Å². The number of thioether (sulfide) groups is 1. The molecule has 235 valence electrons. The Labute approximate surface area is 287 Å². The van der Waals surface area contributed by atoms with Crippen LogP contribution in [-0.4, -0.2) is 155 Å². The molecule has 1 radical (unpaired) electrons. The van der Waals surface area contributed by atoms with Gasteiger partial charge in [0.05, 0.1) is 6.61 Å². The summed E-state index contributed by atoms with van der Waals surface area (Å²) in [7, 11) is 0. The van der Waals surface area contributed by atoms with E-state index in [-0.39, 0.29) is 70.5 Å². The minimum atomic E-state index is -1.34. The predicted molar refractivity (Wildman–Crippen MR) is 163 cm³/mol. The number of aromatic nitrogens is 2. The van der Waals surface area contributed by atoms with Crippen LogP contribution in [0, 0.1) is 0 Å². The number of aliphatic carboxylic acids is 1. The zero-order chi connectivity index (χ0) is 31.7. The van der Waals surface area contributed by atoms with E-state index in [0.29, 0.717) is 49.3 Å². The molecule has 5 heterocycles. The Balaban J connectivity index is 0.00000461. The van der Waals surface area contributed by atoms with Crippen molar-refractivity contribution in [1.82, 2.24) is 29.4 Å². The maximum absolute atomic E-state index is 13.4. The molecule has 1 aromatic heterocycles. The molecule has 19 heteroatoms. The summed E-state index contributed by atoms with van der Waals surface area (Å²) < 4.78 is 8.82. The van der Waals surface area contributed by atoms with Gasteiger partial charge in [-0.25, -0.2) is 9.59 Å². The van der Waals surface area contributed by atoms with Gasteiger partial charge in [-0.3, -0.25) is 24.2 Å². The predicted octanol–water partition coefficient (Wildman–Crippen LogP) is -0.991. The van der Waals surface area contributed by atoms with Gasteiger partial charge < -0.3 is 31.0 Å². The second-order valence-corrected chi connectivity index (χ2v) is 12.3. The van der Waals surface area contributed by atoms with Gasteiger partial charge in [0.2, 0.25) is 17.4 Å². The molecule has 4 aliphatic heterocycles. The molecule has 0 bridgehead atoms. The molecule has 0 unspecified atom stereocenters. The number of carbonyl (C=O) groups excluding carboxylic acids is 4. The first-order valence-corrected chi connectivity index (χ1v) is 15.5. The molecule has 16 nitrogen and oxygen atoms in total. The summed E-state index contributed by atoms with van der Waals surface area (Å²) in [4.78, 5) is 72.1. The van der Waals surface area contributed by atoms with Gasteiger partial charge >= 0.3 is 11.9 Å². The fourth-order valence-electron chi connectivity index (χ4n) is 5.59. The molecule has 4 aliphatic rings. The Morgan fingerprint density at radius 1 is 1.29 bits per heavy atom. The van der Waals surface area contributed by atoms with Crippen LogP contribution < -0.4 is 11.1 Å². The Morgan fingerprint density at radius 3 is 2.69 bits per heavy atom. The minimum Gasteiger partial charge on any atom is -0.477 e. The van der Waals surface area contributed by atoms with Gasteiger partial charge in [0.1, 0.15) is 17.1 Å². The molecule has 1 aromatic rings. The summed E-state index contributed by atoms with van der Waals surface area (Å²) >= 11 is 2.03. The summed E-state index contributed by atoms with van der Waals surface area (Å²) in [6.07, 6.45) is 2.69. The van der Waals surface area contributed by atoms with E-state index in [1.807, 2.05) is 4.90 Å². The van der Waals surface area contributed by atoms with Gasteiger partial charge in [-0.2, -0.15) is 9.36 Å². The number of oxime groups is 1. The van der Waals surface area contributed by atoms with Crippen molar-refractivity contribution >= 4 is 93.4 Å². The smallest absolute Gasteiger partial charge is 0.352 e. The van der Waals surface area contributed by atoms with E-state index in [9.17, 15) is 34.3 Å². The van der Waals surface area contributed by atoms with Gasteiger partial charge in [0.15, 0.2) is 5.13 Å². The third kappa shape index (κ3) is 6.95. The maximum Gasteiger partial charge on any atom is 0.352 e. The fourth-order valence-corrected chi connectivity index (χ4v) is 7.33. The number of amides is 3. The SMILES string of the molecule is C=C(CN1CC[C@@H](N2CCC(=CC3=C(C(=O)O)N4C(=O)[C@@H](NC(=O)C(=NO)c5nsc(N)n5)[C@H]4SC3)C2=O)C1)C(=O)OCC.[Na]. The molecule has 0 saturated carbocycles. The number of nitrogens with two attached hydrogens (primary N) is 1. The van der Waals surface area contributed by atoms with Gasteiger partial charge in [0, 0.05) is 90.2 Å². The normalized spacial score (nSPS) is 24.3. The van der Waals surface area contributed by atoms with Crippen LogP contribution in [0.1, 0.15) is 25.6 Å². The Bertz CT molecular complexity index is 1530. The van der Waals surface area contributed by atoms with Crippen molar-refractivity contribution in [1.29, 1.82) is 0 Å². The van der Waals surface area contributed by atoms with Crippen molar-refractivity contribution in [2.24, 2.45) is 5.16 Å². The summed E-state index contributed by atoms with van der Waals surface area (Å²) in [6.45, 7) is 7.88. The number of β-lactam (4-membered cyclic amide) rings is 1. The molecular weight excluding hydrogens is 639 g/mol. The third-order valence-electron chi connectivity index (χ3n) is 7.63. The molecular formula is C26H30N8NaO8S2. The number of allylic oxidation sites excluding steroid dienone is 1. The number of rotatable bonds is 10. The fraction of sp³-hybridized carbons (Fsp3) is 0.462. The van der Waals surface area contributed by atoms with E-state index in [1.165, 1.54) is 11.8 Å². The summed E-state index contributed by atoms with van der Waals surface area (Å²) in [5.74, 6) is -3.60. The van der Waals surface area contributed by atoms with Crippen molar-refractivity contribution < 1.29 is 39.0 Å². The van der Waals surface area contributed by atoms with Gasteiger partial charge in [-0.15, -0.1) is 11.8 Å². The van der Waals surface area contributed by atoms with E-state index < -0.39 is 40.9 Å². The number of nitrogens with one attached hydrogen (secondary N) is 1. The van der Waals surface area contributed by atoms with Crippen LogP contribution in [0.5, 0.6) is 0 Å². The first-order chi connectivity index (χ1) is 21.0. The molecule has 3 fully saturated rings. The number of carboxylic acid groups (broad SMARTS) is 1. The van der Waals surface area contributed by atoms with E-state index in [2.05, 4.69) is 26.4 Å². The van der Waals surface area contributed by atoms with Crippen LogP contribution in [0.2, 0.25) is 0 Å². The first-order valence-electron chi connectivity index (χ1n) is 13.7. The standard InChI is InChI=1S/C26H30N8O8S2.Na/c1-3-42-25(40)12(2)9-32-6-5-15(10-32)33-7-4-13(21(33)36)8-14-11-43-23-17(22(37)34(23)18(14)24(38)39)28-20(35)16(30-41)19-29-26(27)44-31-19;/h8,15,17,23,41H,2-7,9-11H2,1H3,(H,28,35)(H,38,39)(H2,27,29,31);/t15-,17-,23-;/m1./s1. The molecule has 0 aliphatic carbocycles. The molecule has 3 amide bonds. The number of ether oxygens (including phenoxy) is 1. The summed E-state index contributed by atoms with van der Waals surface area (Å²) in [5, 5.41) is 24.0. The van der Waals surface area contributed by atoms with Crippen molar-refractivity contribution in [3.05, 3.63) is 40.9 Å². The van der Waals surface area contributed by atoms with Crippen molar-refractivity contribution in [3.8, 4) is 0 Å². The third-order valence-corrected chi connectivity index (χ3v) is 9.47. The van der Waals surface area contributed by atoms with Crippen molar-refractivity contribution in [2.75, 3.05) is 44.3 Å². The van der Waals surface area contributed by atoms with E-state index >= 15 is 0 Å².